The smallest absolute Gasteiger partial charge is 0.270 e. The van der Waals surface area contributed by atoms with Gasteiger partial charge in [-0.15, -0.1) is 0 Å². The Labute approximate surface area is 214 Å². The first-order valence-electron chi connectivity index (χ1n) is 11.3. The van der Waals surface area contributed by atoms with Gasteiger partial charge in [-0.3, -0.25) is 9.69 Å². The number of rotatable bonds is 7. The summed E-state index contributed by atoms with van der Waals surface area (Å²) in [4.78, 5) is 15.2. The number of carbonyl (C=O) groups excluding carboxylic acids is 1. The number of carbonyl (C=O) groups is 1. The van der Waals surface area contributed by atoms with Crippen LogP contribution in [0.15, 0.2) is 95.9 Å². The molecule has 174 valence electrons. The number of ether oxygens (including phenoxy) is 2. The first kappa shape index (κ1) is 23.1. The van der Waals surface area contributed by atoms with Crippen molar-refractivity contribution in [3.05, 3.63) is 107 Å². The van der Waals surface area contributed by atoms with E-state index < -0.39 is 0 Å². The van der Waals surface area contributed by atoms with E-state index >= 15 is 0 Å². The molecule has 0 spiro atoms. The number of anilines is 1. The summed E-state index contributed by atoms with van der Waals surface area (Å²) in [6, 6.07) is 29.7. The van der Waals surface area contributed by atoms with Gasteiger partial charge in [-0.25, -0.2) is 0 Å². The molecule has 4 nitrogen and oxygen atoms in total. The second kappa shape index (κ2) is 10.3. The lowest BCUT2D eigenvalue weighted by Gasteiger charge is -2.14. The summed E-state index contributed by atoms with van der Waals surface area (Å²) in [5.41, 5.74) is 2.70. The van der Waals surface area contributed by atoms with Gasteiger partial charge in [0.1, 0.15) is 6.61 Å². The van der Waals surface area contributed by atoms with Crippen molar-refractivity contribution in [3.63, 3.8) is 0 Å². The van der Waals surface area contributed by atoms with Gasteiger partial charge in [0.05, 0.1) is 17.2 Å². The SMILES string of the molecule is CCOc1cc(/C=C2/SC(=S)N(c3ccccc3)C2=O)ccc1OCc1ccc2ccccc2c1. The molecule has 0 atom stereocenters. The van der Waals surface area contributed by atoms with Crippen molar-refractivity contribution in [3.8, 4) is 11.5 Å². The van der Waals surface area contributed by atoms with Gasteiger partial charge in [0.25, 0.3) is 5.91 Å². The van der Waals surface area contributed by atoms with Gasteiger partial charge < -0.3 is 9.47 Å². The molecule has 4 aromatic rings. The fourth-order valence-electron chi connectivity index (χ4n) is 3.91. The minimum Gasteiger partial charge on any atom is -0.490 e. The average molecular weight is 498 g/mol. The van der Waals surface area contributed by atoms with Crippen molar-refractivity contribution < 1.29 is 14.3 Å². The Hall–Kier alpha value is -3.61. The lowest BCUT2D eigenvalue weighted by atomic mass is 10.1. The van der Waals surface area contributed by atoms with Crippen molar-refractivity contribution in [1.29, 1.82) is 0 Å². The Balaban J connectivity index is 1.35. The third-order valence-electron chi connectivity index (χ3n) is 5.58. The molecular formula is C29H23NO3S2. The molecule has 35 heavy (non-hydrogen) atoms. The predicted molar refractivity (Wildman–Crippen MR) is 148 cm³/mol. The van der Waals surface area contributed by atoms with Crippen LogP contribution in [0.4, 0.5) is 5.69 Å². The lowest BCUT2D eigenvalue weighted by Crippen LogP contribution is -2.27. The van der Waals surface area contributed by atoms with E-state index in [0.29, 0.717) is 33.9 Å². The number of fused-ring (bicyclic) bond motifs is 1. The van der Waals surface area contributed by atoms with Crippen LogP contribution < -0.4 is 14.4 Å². The van der Waals surface area contributed by atoms with E-state index in [1.807, 2.05) is 73.7 Å². The molecular weight excluding hydrogens is 474 g/mol. The third kappa shape index (κ3) is 5.09. The molecule has 1 aliphatic rings. The Bertz CT molecular complexity index is 1430. The van der Waals surface area contributed by atoms with Crippen LogP contribution in [0.25, 0.3) is 16.8 Å². The predicted octanol–water partition coefficient (Wildman–Crippen LogP) is 7.22. The summed E-state index contributed by atoms with van der Waals surface area (Å²) in [6.45, 7) is 2.87. The van der Waals surface area contributed by atoms with Crippen molar-refractivity contribution in [2.24, 2.45) is 0 Å². The van der Waals surface area contributed by atoms with E-state index in [4.69, 9.17) is 21.7 Å². The molecule has 1 fully saturated rings. The Morgan fingerprint density at radius 3 is 2.43 bits per heavy atom. The van der Waals surface area contributed by atoms with Gasteiger partial charge in [0, 0.05) is 0 Å². The summed E-state index contributed by atoms with van der Waals surface area (Å²) in [5.74, 6) is 1.18. The molecule has 4 aromatic carbocycles. The summed E-state index contributed by atoms with van der Waals surface area (Å²) in [6.07, 6.45) is 1.85. The standard InChI is InChI=1S/C29H23NO3S2/c1-2-32-26-17-20(18-27-28(31)30(29(34)35-27)24-10-4-3-5-11-24)13-15-25(26)33-19-21-12-14-22-8-6-7-9-23(22)16-21/h3-18H,2,19H2,1H3/b27-18+. The van der Waals surface area contributed by atoms with E-state index in [1.54, 1.807) is 4.90 Å². The Kier molecular flexibility index (Phi) is 6.84. The molecule has 0 saturated carbocycles. The van der Waals surface area contributed by atoms with E-state index in [9.17, 15) is 4.79 Å². The quantitative estimate of drug-likeness (QED) is 0.199. The second-order valence-electron chi connectivity index (χ2n) is 7.96. The number of hydrogen-bond donors (Lipinski definition) is 0. The van der Waals surface area contributed by atoms with Crippen LogP contribution in [-0.2, 0) is 11.4 Å². The molecule has 1 amide bonds. The third-order valence-corrected chi connectivity index (χ3v) is 6.88. The number of thiocarbonyl (C=S) groups is 1. The van der Waals surface area contributed by atoms with Crippen LogP contribution in [-0.4, -0.2) is 16.8 Å². The van der Waals surface area contributed by atoms with Crippen LogP contribution in [0.3, 0.4) is 0 Å². The van der Waals surface area contributed by atoms with Crippen LogP contribution in [0, 0.1) is 0 Å². The van der Waals surface area contributed by atoms with E-state index in [-0.39, 0.29) is 5.91 Å². The normalized spacial score (nSPS) is 14.7. The molecule has 5 rings (SSSR count). The van der Waals surface area contributed by atoms with Crippen molar-refractivity contribution in [2.75, 3.05) is 11.5 Å². The van der Waals surface area contributed by atoms with E-state index in [2.05, 4.69) is 30.3 Å². The van der Waals surface area contributed by atoms with Gasteiger partial charge >= 0.3 is 0 Å². The van der Waals surface area contributed by atoms with Crippen molar-refractivity contribution in [1.82, 2.24) is 0 Å². The minimum absolute atomic E-state index is 0.124. The van der Waals surface area contributed by atoms with Gasteiger partial charge in [0.2, 0.25) is 0 Å². The van der Waals surface area contributed by atoms with Crippen LogP contribution in [0.5, 0.6) is 11.5 Å². The zero-order valence-electron chi connectivity index (χ0n) is 19.1. The van der Waals surface area contributed by atoms with Crippen molar-refractivity contribution in [2.45, 2.75) is 13.5 Å². The fraction of sp³-hybridized carbons (Fsp3) is 0.103. The molecule has 1 heterocycles. The summed E-state index contributed by atoms with van der Waals surface area (Å²) < 4.78 is 12.5. The fourth-order valence-corrected chi connectivity index (χ4v) is 5.21. The molecule has 6 heteroatoms. The Morgan fingerprint density at radius 1 is 0.857 bits per heavy atom. The molecule has 0 N–H and O–H groups in total. The van der Waals surface area contributed by atoms with E-state index in [0.717, 1.165) is 16.8 Å². The van der Waals surface area contributed by atoms with Crippen LogP contribution in [0.1, 0.15) is 18.1 Å². The van der Waals surface area contributed by atoms with Crippen LogP contribution >= 0.6 is 24.0 Å². The van der Waals surface area contributed by atoms with Gasteiger partial charge in [-0.2, -0.15) is 0 Å². The zero-order chi connectivity index (χ0) is 24.2. The molecule has 0 aliphatic carbocycles. The lowest BCUT2D eigenvalue weighted by molar-refractivity contribution is -0.113. The maximum atomic E-state index is 13.0. The number of hydrogen-bond acceptors (Lipinski definition) is 5. The molecule has 0 radical (unpaired) electrons. The second-order valence-corrected chi connectivity index (χ2v) is 9.64. The summed E-state index contributed by atoms with van der Waals surface area (Å²) in [5, 5.41) is 2.38. The summed E-state index contributed by atoms with van der Waals surface area (Å²) >= 11 is 6.77. The molecule has 0 unspecified atom stereocenters. The maximum Gasteiger partial charge on any atom is 0.270 e. The number of para-hydroxylation sites is 1. The zero-order valence-corrected chi connectivity index (χ0v) is 20.8. The highest BCUT2D eigenvalue weighted by atomic mass is 32.2. The minimum atomic E-state index is -0.124. The van der Waals surface area contributed by atoms with E-state index in [1.165, 1.54) is 22.5 Å². The van der Waals surface area contributed by atoms with Crippen LogP contribution in [0.2, 0.25) is 0 Å². The van der Waals surface area contributed by atoms with Crippen molar-refractivity contribution >= 4 is 56.7 Å². The first-order chi connectivity index (χ1) is 17.1. The summed E-state index contributed by atoms with van der Waals surface area (Å²) in [7, 11) is 0. The first-order valence-corrected chi connectivity index (χ1v) is 12.5. The molecule has 0 bridgehead atoms. The van der Waals surface area contributed by atoms with Gasteiger partial charge in [-0.1, -0.05) is 84.6 Å². The topological polar surface area (TPSA) is 38.8 Å². The highest BCUT2D eigenvalue weighted by Gasteiger charge is 2.33. The average Bonchev–Trinajstić information content (AvgIpc) is 3.16. The molecule has 1 saturated heterocycles. The van der Waals surface area contributed by atoms with Gasteiger partial charge in [-0.05, 0) is 65.2 Å². The molecule has 0 aromatic heterocycles. The number of thioether (sulfide) groups is 1. The number of nitrogens with zero attached hydrogens (tertiary/aromatic N) is 1. The molecule has 1 aliphatic heterocycles. The number of benzene rings is 4. The number of amides is 1. The highest BCUT2D eigenvalue weighted by Crippen LogP contribution is 2.37. The highest BCUT2D eigenvalue weighted by molar-refractivity contribution is 8.27. The monoisotopic (exact) mass is 497 g/mol. The van der Waals surface area contributed by atoms with Gasteiger partial charge in [0.15, 0.2) is 15.8 Å². The largest absolute Gasteiger partial charge is 0.490 e. The maximum absolute atomic E-state index is 13.0. The Morgan fingerprint density at radius 2 is 1.63 bits per heavy atom.